The van der Waals surface area contributed by atoms with E-state index in [1.165, 1.54) is 12.1 Å². The zero-order valence-electron chi connectivity index (χ0n) is 19.7. The van der Waals surface area contributed by atoms with Crippen LogP contribution in [0.4, 0.5) is 10.5 Å². The summed E-state index contributed by atoms with van der Waals surface area (Å²) in [6.07, 6.45) is -0.469. The van der Waals surface area contributed by atoms with Crippen LogP contribution in [0, 0.1) is 6.92 Å². The molecule has 2 amide bonds. The number of nitrogens with one attached hydrogen (secondary N) is 4. The van der Waals surface area contributed by atoms with Gasteiger partial charge in [0.1, 0.15) is 5.60 Å². The summed E-state index contributed by atoms with van der Waals surface area (Å²) in [4.78, 5) is 27.6. The smallest absolute Gasteiger partial charge is 0.407 e. The third-order valence-corrected chi connectivity index (χ3v) is 6.34. The first-order valence-electron chi connectivity index (χ1n) is 10.9. The molecule has 34 heavy (non-hydrogen) atoms. The Bertz CT molecular complexity index is 1290. The number of carbonyl (C=O) groups is 2. The van der Waals surface area contributed by atoms with Crippen molar-refractivity contribution >= 4 is 38.6 Å². The number of carbonyl (C=O) groups excluding carboxylic acids is 2. The lowest BCUT2D eigenvalue weighted by molar-refractivity contribution is -0.115. The highest BCUT2D eigenvalue weighted by molar-refractivity contribution is 7.89. The summed E-state index contributed by atoms with van der Waals surface area (Å²) in [6.45, 7) is 7.18. The predicted octanol–water partition coefficient (Wildman–Crippen LogP) is 3.46. The maximum Gasteiger partial charge on any atom is 0.407 e. The predicted molar refractivity (Wildman–Crippen MR) is 131 cm³/mol. The van der Waals surface area contributed by atoms with Crippen LogP contribution in [-0.2, 0) is 26.0 Å². The molecule has 0 unspecified atom stereocenters. The minimum atomic E-state index is -3.84. The van der Waals surface area contributed by atoms with Gasteiger partial charge in [-0.25, -0.2) is 17.9 Å². The molecule has 0 aliphatic heterocycles. The van der Waals surface area contributed by atoms with Crippen LogP contribution in [0.1, 0.15) is 32.0 Å². The zero-order valence-corrected chi connectivity index (χ0v) is 20.5. The molecule has 0 atom stereocenters. The van der Waals surface area contributed by atoms with Crippen molar-refractivity contribution in [3.8, 4) is 0 Å². The summed E-state index contributed by atoms with van der Waals surface area (Å²) in [5, 5.41) is 6.24. The molecule has 3 aromatic rings. The number of amides is 2. The molecule has 0 fully saturated rings. The highest BCUT2D eigenvalue weighted by Crippen LogP contribution is 2.23. The summed E-state index contributed by atoms with van der Waals surface area (Å²) in [5.41, 5.74) is 2.51. The van der Waals surface area contributed by atoms with Gasteiger partial charge in [-0.05, 0) is 57.5 Å². The van der Waals surface area contributed by atoms with Crippen LogP contribution in [0.2, 0.25) is 0 Å². The zero-order chi connectivity index (χ0) is 24.9. The average Bonchev–Trinajstić information content (AvgIpc) is 3.05. The van der Waals surface area contributed by atoms with Crippen LogP contribution in [0.5, 0.6) is 0 Å². The fraction of sp³-hybridized carbons (Fsp3) is 0.333. The highest BCUT2D eigenvalue weighted by Gasteiger charge is 2.18. The van der Waals surface area contributed by atoms with Gasteiger partial charge in [0.2, 0.25) is 15.9 Å². The van der Waals surface area contributed by atoms with Gasteiger partial charge in [-0.3, -0.25) is 4.79 Å². The van der Waals surface area contributed by atoms with E-state index < -0.39 is 21.7 Å². The summed E-state index contributed by atoms with van der Waals surface area (Å²) >= 11 is 0. The number of aryl methyl sites for hydroxylation is 1. The van der Waals surface area contributed by atoms with Crippen LogP contribution in [0.25, 0.3) is 10.9 Å². The van der Waals surface area contributed by atoms with Crippen molar-refractivity contribution in [3.63, 3.8) is 0 Å². The van der Waals surface area contributed by atoms with Crippen molar-refractivity contribution in [1.29, 1.82) is 0 Å². The van der Waals surface area contributed by atoms with Gasteiger partial charge in [-0.15, -0.1) is 0 Å². The molecule has 0 aliphatic rings. The van der Waals surface area contributed by atoms with Crippen molar-refractivity contribution in [1.82, 2.24) is 15.0 Å². The molecule has 4 N–H and O–H groups in total. The lowest BCUT2D eigenvalue weighted by Crippen LogP contribution is -2.37. The van der Waals surface area contributed by atoms with Crippen molar-refractivity contribution in [2.75, 3.05) is 18.4 Å². The van der Waals surface area contributed by atoms with Crippen LogP contribution in [0.15, 0.2) is 53.4 Å². The first-order chi connectivity index (χ1) is 15.9. The van der Waals surface area contributed by atoms with E-state index >= 15 is 0 Å². The molecule has 1 heterocycles. The Labute approximate surface area is 199 Å². The molecule has 0 saturated carbocycles. The van der Waals surface area contributed by atoms with Crippen molar-refractivity contribution in [3.05, 3.63) is 59.8 Å². The standard InChI is InChI=1S/C24H30N4O5S/c1-16-20(19-10-5-6-11-21(19)27-16)15-22(29)28-17-8-7-9-18(14-17)34(31,32)26-13-12-25-23(30)33-24(2,3)4/h5-11,14,26-27H,12-13,15H2,1-4H3,(H,25,30)(H,28,29). The summed E-state index contributed by atoms with van der Waals surface area (Å²) in [6, 6.07) is 13.8. The SMILES string of the molecule is Cc1[nH]c2ccccc2c1CC(=O)Nc1cccc(S(=O)(=O)NCCNC(=O)OC(C)(C)C)c1. The Morgan fingerprint density at radius 3 is 2.50 bits per heavy atom. The van der Waals surface area contributed by atoms with Crippen molar-refractivity contribution in [2.24, 2.45) is 0 Å². The van der Waals surface area contributed by atoms with Gasteiger partial charge >= 0.3 is 6.09 Å². The number of aromatic nitrogens is 1. The number of aromatic amines is 1. The van der Waals surface area contributed by atoms with E-state index in [0.29, 0.717) is 5.69 Å². The Kier molecular flexibility index (Phi) is 7.63. The number of hydrogen-bond acceptors (Lipinski definition) is 5. The summed E-state index contributed by atoms with van der Waals surface area (Å²) < 4.78 is 32.8. The Balaban J connectivity index is 1.58. The second kappa shape index (κ2) is 10.3. The van der Waals surface area contributed by atoms with Gasteiger partial charge in [0.05, 0.1) is 11.3 Å². The van der Waals surface area contributed by atoms with E-state index in [1.807, 2.05) is 31.2 Å². The maximum atomic E-state index is 12.7. The normalized spacial score (nSPS) is 11.9. The van der Waals surface area contributed by atoms with Gasteiger partial charge in [-0.2, -0.15) is 0 Å². The molecule has 2 aromatic carbocycles. The molecule has 3 rings (SSSR count). The van der Waals surface area contributed by atoms with Crippen LogP contribution < -0.4 is 15.4 Å². The number of ether oxygens (including phenoxy) is 1. The van der Waals surface area contributed by atoms with Crippen LogP contribution in [-0.4, -0.2) is 44.1 Å². The number of benzene rings is 2. The Hall–Kier alpha value is -3.37. The van der Waals surface area contributed by atoms with E-state index in [-0.39, 0.29) is 30.3 Å². The largest absolute Gasteiger partial charge is 0.444 e. The van der Waals surface area contributed by atoms with Gasteiger partial charge in [-0.1, -0.05) is 24.3 Å². The number of H-pyrrole nitrogens is 1. The summed E-state index contributed by atoms with van der Waals surface area (Å²) in [7, 11) is -3.84. The van der Waals surface area contributed by atoms with E-state index in [0.717, 1.165) is 22.2 Å². The number of hydrogen-bond donors (Lipinski definition) is 4. The third-order valence-electron chi connectivity index (χ3n) is 4.88. The lowest BCUT2D eigenvalue weighted by Gasteiger charge is -2.19. The van der Waals surface area contributed by atoms with Gasteiger partial charge in [0, 0.05) is 35.4 Å². The molecule has 1 aromatic heterocycles. The topological polar surface area (TPSA) is 129 Å². The molecule has 0 spiro atoms. The number of anilines is 1. The van der Waals surface area contributed by atoms with Crippen molar-refractivity contribution in [2.45, 2.75) is 44.6 Å². The number of fused-ring (bicyclic) bond motifs is 1. The van der Waals surface area contributed by atoms with Gasteiger partial charge in [0.25, 0.3) is 0 Å². The first-order valence-corrected chi connectivity index (χ1v) is 12.4. The minimum Gasteiger partial charge on any atom is -0.444 e. The molecular formula is C24H30N4O5S. The number of para-hydroxylation sites is 1. The molecule has 0 saturated heterocycles. The Morgan fingerprint density at radius 1 is 1.03 bits per heavy atom. The second-order valence-corrected chi connectivity index (χ2v) is 10.6. The second-order valence-electron chi connectivity index (χ2n) is 8.85. The quantitative estimate of drug-likeness (QED) is 0.362. The number of sulfonamides is 1. The average molecular weight is 487 g/mol. The molecular weight excluding hydrogens is 456 g/mol. The van der Waals surface area contributed by atoms with Crippen LogP contribution >= 0.6 is 0 Å². The molecule has 9 nitrogen and oxygen atoms in total. The monoisotopic (exact) mass is 486 g/mol. The maximum absolute atomic E-state index is 12.7. The third kappa shape index (κ3) is 6.82. The molecule has 0 bridgehead atoms. The molecule has 10 heteroatoms. The van der Waals surface area contributed by atoms with Crippen LogP contribution in [0.3, 0.4) is 0 Å². The van der Waals surface area contributed by atoms with Crippen molar-refractivity contribution < 1.29 is 22.7 Å². The summed E-state index contributed by atoms with van der Waals surface area (Å²) in [5.74, 6) is -0.253. The first kappa shape index (κ1) is 25.3. The highest BCUT2D eigenvalue weighted by atomic mass is 32.2. The molecule has 182 valence electrons. The van der Waals surface area contributed by atoms with Gasteiger partial charge < -0.3 is 20.4 Å². The molecule has 0 aliphatic carbocycles. The van der Waals surface area contributed by atoms with E-state index in [2.05, 4.69) is 20.3 Å². The Morgan fingerprint density at radius 2 is 1.76 bits per heavy atom. The van der Waals surface area contributed by atoms with E-state index in [9.17, 15) is 18.0 Å². The van der Waals surface area contributed by atoms with Gasteiger partial charge in [0.15, 0.2) is 0 Å². The molecule has 0 radical (unpaired) electrons. The van der Waals surface area contributed by atoms with E-state index in [1.54, 1.807) is 32.9 Å². The number of alkyl carbamates (subject to hydrolysis) is 1. The fourth-order valence-corrected chi connectivity index (χ4v) is 4.49. The number of rotatable bonds is 8. The van der Waals surface area contributed by atoms with E-state index in [4.69, 9.17) is 4.74 Å². The fourth-order valence-electron chi connectivity index (χ4n) is 3.42. The minimum absolute atomic E-state index is 0.00541. The lowest BCUT2D eigenvalue weighted by atomic mass is 10.1.